The zero-order valence-electron chi connectivity index (χ0n) is 19.6. The van der Waals surface area contributed by atoms with Crippen LogP contribution >= 0.6 is 0 Å². The number of ether oxygens (including phenoxy) is 1. The molecular formula is C25H30N4O3S. The van der Waals surface area contributed by atoms with Crippen molar-refractivity contribution < 1.29 is 13.2 Å². The van der Waals surface area contributed by atoms with Crippen LogP contribution < -0.4 is 14.8 Å². The molecule has 4 bridgehead atoms. The summed E-state index contributed by atoms with van der Waals surface area (Å²) in [6.45, 7) is 10.9. The molecule has 1 aromatic heterocycles. The van der Waals surface area contributed by atoms with Gasteiger partial charge >= 0.3 is 0 Å². The lowest BCUT2D eigenvalue weighted by Crippen LogP contribution is -2.32. The van der Waals surface area contributed by atoms with Crippen LogP contribution in [-0.4, -0.2) is 31.0 Å². The highest BCUT2D eigenvalue weighted by molar-refractivity contribution is 7.92. The van der Waals surface area contributed by atoms with E-state index in [1.165, 1.54) is 0 Å². The minimum atomic E-state index is -3.89. The van der Waals surface area contributed by atoms with Gasteiger partial charge in [-0.25, -0.2) is 18.1 Å². The van der Waals surface area contributed by atoms with Gasteiger partial charge in [0, 0.05) is 17.3 Å². The summed E-state index contributed by atoms with van der Waals surface area (Å²) >= 11 is 0. The monoisotopic (exact) mass is 466 g/mol. The second-order valence-electron chi connectivity index (χ2n) is 9.73. The number of anilines is 2. The third kappa shape index (κ3) is 5.45. The van der Waals surface area contributed by atoms with Gasteiger partial charge in [0.15, 0.2) is 0 Å². The molecule has 33 heavy (non-hydrogen) atoms. The molecule has 0 radical (unpaired) electrons. The van der Waals surface area contributed by atoms with Crippen molar-refractivity contribution in [2.75, 3.05) is 16.6 Å². The van der Waals surface area contributed by atoms with E-state index in [2.05, 4.69) is 40.8 Å². The number of aryl methyl sites for hydroxylation is 2. The van der Waals surface area contributed by atoms with Crippen molar-refractivity contribution in [2.24, 2.45) is 5.41 Å². The molecule has 2 N–H and O–H groups in total. The molecule has 7 nitrogen and oxygen atoms in total. The second-order valence-corrected chi connectivity index (χ2v) is 11.4. The first kappa shape index (κ1) is 23.0. The van der Waals surface area contributed by atoms with Gasteiger partial charge in [0.05, 0.1) is 16.6 Å². The maximum Gasteiger partial charge on any atom is 0.264 e. The highest BCUT2D eigenvalue weighted by atomic mass is 32.2. The highest BCUT2D eigenvalue weighted by Crippen LogP contribution is 2.31. The quantitative estimate of drug-likeness (QED) is 0.541. The summed E-state index contributed by atoms with van der Waals surface area (Å²) in [7, 11) is -3.89. The maximum atomic E-state index is 13.1. The minimum Gasteiger partial charge on any atom is -0.475 e. The summed E-state index contributed by atoms with van der Waals surface area (Å²) < 4.78 is 34.9. The summed E-state index contributed by atoms with van der Waals surface area (Å²) in [5.41, 5.74) is 4.38. The first-order valence-electron chi connectivity index (χ1n) is 11.0. The average Bonchev–Trinajstić information content (AvgIpc) is 2.70. The summed E-state index contributed by atoms with van der Waals surface area (Å²) in [5, 5.41) is 3.44. The Morgan fingerprint density at radius 2 is 1.73 bits per heavy atom. The van der Waals surface area contributed by atoms with Gasteiger partial charge in [-0.1, -0.05) is 45.0 Å². The second kappa shape index (κ2) is 8.67. The number of nitrogens with one attached hydrogen (secondary N) is 2. The van der Waals surface area contributed by atoms with E-state index < -0.39 is 10.0 Å². The van der Waals surface area contributed by atoms with Gasteiger partial charge in [0.25, 0.3) is 10.0 Å². The standard InChI is InChI=1S/C25H30N4O3S/c1-16-8-6-9-17(2)23(16)21-13-22-28-24(27-21)29-33(30,31)20-11-7-10-18(12-20)26-19(15-32-22)14-25(3,4)5/h6-13,19,26H,14-15H2,1-5H3,(H,27,28,29)/t19-/m0/s1. The van der Waals surface area contributed by atoms with Crippen molar-refractivity contribution in [3.05, 3.63) is 59.7 Å². The van der Waals surface area contributed by atoms with Crippen LogP contribution in [0.4, 0.5) is 11.6 Å². The Bertz CT molecular complexity index is 1260. The summed E-state index contributed by atoms with van der Waals surface area (Å²) in [6, 6.07) is 14.5. The molecular weight excluding hydrogens is 436 g/mol. The van der Waals surface area contributed by atoms with Crippen molar-refractivity contribution in [3.8, 4) is 17.1 Å². The first-order chi connectivity index (χ1) is 15.5. The SMILES string of the molecule is Cc1cccc(C)c1-c1cc2nc(n1)NS(=O)(=O)c1cccc(c1)N[C@@H](CC(C)(C)C)CO2. The summed E-state index contributed by atoms with van der Waals surface area (Å²) in [5.74, 6) is 0.307. The Morgan fingerprint density at radius 3 is 2.42 bits per heavy atom. The van der Waals surface area contributed by atoms with Gasteiger partial charge in [-0.05, 0) is 55.0 Å². The van der Waals surface area contributed by atoms with Gasteiger partial charge in [-0.3, -0.25) is 0 Å². The molecule has 1 aliphatic rings. The average molecular weight is 467 g/mol. The van der Waals surface area contributed by atoms with Crippen LogP contribution in [0, 0.1) is 19.3 Å². The Labute approximate surface area is 195 Å². The molecule has 3 aromatic rings. The molecule has 0 aliphatic carbocycles. The van der Waals surface area contributed by atoms with Gasteiger partial charge in [0.1, 0.15) is 6.61 Å². The Hall–Kier alpha value is -3.13. The van der Waals surface area contributed by atoms with Crippen LogP contribution in [0.3, 0.4) is 0 Å². The van der Waals surface area contributed by atoms with Gasteiger partial charge in [-0.15, -0.1) is 0 Å². The molecule has 2 aromatic carbocycles. The van der Waals surface area contributed by atoms with E-state index in [0.717, 1.165) is 28.8 Å². The van der Waals surface area contributed by atoms with Crippen LogP contribution in [-0.2, 0) is 10.0 Å². The Balaban J connectivity index is 1.84. The number of aromatic nitrogens is 2. The first-order valence-corrected chi connectivity index (χ1v) is 12.5. The fourth-order valence-electron chi connectivity index (χ4n) is 4.14. The summed E-state index contributed by atoms with van der Waals surface area (Å²) in [4.78, 5) is 9.05. The molecule has 1 aliphatic heterocycles. The van der Waals surface area contributed by atoms with Gasteiger partial charge < -0.3 is 10.1 Å². The van der Waals surface area contributed by atoms with E-state index in [-0.39, 0.29) is 22.3 Å². The molecule has 0 saturated heterocycles. The summed E-state index contributed by atoms with van der Waals surface area (Å²) in [6.07, 6.45) is 0.823. The van der Waals surface area contributed by atoms with Crippen LogP contribution in [0.25, 0.3) is 11.3 Å². The number of sulfonamides is 1. The number of rotatable bonds is 2. The largest absolute Gasteiger partial charge is 0.475 e. The van der Waals surface area contributed by atoms with Crippen molar-refractivity contribution >= 4 is 21.7 Å². The maximum absolute atomic E-state index is 13.1. The van der Waals surface area contributed by atoms with Crippen molar-refractivity contribution in [2.45, 2.75) is 52.0 Å². The van der Waals surface area contributed by atoms with Crippen molar-refractivity contribution in [1.29, 1.82) is 0 Å². The lowest BCUT2D eigenvalue weighted by Gasteiger charge is -2.28. The fourth-order valence-corrected chi connectivity index (χ4v) is 5.13. The lowest BCUT2D eigenvalue weighted by molar-refractivity contribution is 0.244. The number of nitrogens with zero attached hydrogens (tertiary/aromatic N) is 2. The van der Waals surface area contributed by atoms with Crippen LogP contribution in [0.1, 0.15) is 38.3 Å². The number of hydrogen-bond donors (Lipinski definition) is 2. The molecule has 8 heteroatoms. The molecule has 174 valence electrons. The minimum absolute atomic E-state index is 0.0172. The van der Waals surface area contributed by atoms with Gasteiger partial charge in [-0.2, -0.15) is 4.98 Å². The normalized spacial score (nSPS) is 17.5. The number of benzene rings is 2. The molecule has 0 fully saturated rings. The number of hydrogen-bond acceptors (Lipinski definition) is 6. The molecule has 0 spiro atoms. The fraction of sp³-hybridized carbons (Fsp3) is 0.360. The molecule has 0 unspecified atom stereocenters. The highest BCUT2D eigenvalue weighted by Gasteiger charge is 2.23. The van der Waals surface area contributed by atoms with Crippen LogP contribution in [0.2, 0.25) is 0 Å². The third-order valence-electron chi connectivity index (χ3n) is 5.47. The van der Waals surface area contributed by atoms with E-state index in [9.17, 15) is 8.42 Å². The van der Waals surface area contributed by atoms with E-state index in [1.54, 1.807) is 24.3 Å². The molecule has 0 amide bonds. The Morgan fingerprint density at radius 1 is 1.03 bits per heavy atom. The van der Waals surface area contributed by atoms with Crippen molar-refractivity contribution in [1.82, 2.24) is 9.97 Å². The zero-order chi connectivity index (χ0) is 23.8. The zero-order valence-corrected chi connectivity index (χ0v) is 20.5. The molecule has 0 saturated carbocycles. The van der Waals surface area contributed by atoms with E-state index >= 15 is 0 Å². The Kier molecular flexibility index (Phi) is 6.05. The van der Waals surface area contributed by atoms with Gasteiger partial charge in [0.2, 0.25) is 11.8 Å². The van der Waals surface area contributed by atoms with Crippen LogP contribution in [0.5, 0.6) is 5.88 Å². The number of fused-ring (bicyclic) bond motifs is 4. The smallest absolute Gasteiger partial charge is 0.264 e. The van der Waals surface area contributed by atoms with E-state index in [0.29, 0.717) is 18.2 Å². The van der Waals surface area contributed by atoms with Crippen molar-refractivity contribution in [3.63, 3.8) is 0 Å². The molecule has 1 atom stereocenters. The topological polar surface area (TPSA) is 93.2 Å². The van der Waals surface area contributed by atoms with E-state index in [1.807, 2.05) is 38.1 Å². The third-order valence-corrected chi connectivity index (χ3v) is 6.80. The van der Waals surface area contributed by atoms with E-state index in [4.69, 9.17) is 4.74 Å². The predicted molar refractivity (Wildman–Crippen MR) is 131 cm³/mol. The van der Waals surface area contributed by atoms with Crippen LogP contribution in [0.15, 0.2) is 53.4 Å². The lowest BCUT2D eigenvalue weighted by atomic mass is 9.88. The molecule has 2 heterocycles. The molecule has 4 rings (SSSR count). The predicted octanol–water partition coefficient (Wildman–Crippen LogP) is 5.17.